The number of nitrogens with one attached hydrogen (secondary N) is 2. The van der Waals surface area contributed by atoms with Crippen LogP contribution in [0, 0.1) is 11.3 Å². The van der Waals surface area contributed by atoms with Gasteiger partial charge in [-0.25, -0.2) is 0 Å². The molecule has 3 fully saturated rings. The zero-order chi connectivity index (χ0) is 21.6. The van der Waals surface area contributed by atoms with Crippen molar-refractivity contribution in [1.82, 2.24) is 20.4 Å². The molecule has 178 valence electrons. The first kappa shape index (κ1) is 26.2. The molecule has 3 rings (SSSR count). The first-order chi connectivity index (χ1) is 14.4. The Hall–Kier alpha value is -1.06. The summed E-state index contributed by atoms with van der Waals surface area (Å²) < 4.78 is 0. The predicted octanol–water partition coefficient (Wildman–Crippen LogP) is 2.99. The van der Waals surface area contributed by atoms with Crippen LogP contribution in [0.5, 0.6) is 0 Å². The molecule has 1 saturated heterocycles. The van der Waals surface area contributed by atoms with E-state index in [0.717, 1.165) is 70.5 Å². The maximum atomic E-state index is 12.8. The highest BCUT2D eigenvalue weighted by Gasteiger charge is 2.42. The molecular weight excluding hydrogens is 505 g/mol. The van der Waals surface area contributed by atoms with Crippen LogP contribution in [0.15, 0.2) is 4.99 Å². The van der Waals surface area contributed by atoms with Crippen LogP contribution in [0.25, 0.3) is 0 Å². The van der Waals surface area contributed by atoms with Gasteiger partial charge >= 0.3 is 0 Å². The number of aliphatic imine (C=N–C) groups is 1. The molecule has 7 nitrogen and oxygen atoms in total. The van der Waals surface area contributed by atoms with Crippen LogP contribution in [0.1, 0.15) is 71.1 Å². The zero-order valence-corrected chi connectivity index (χ0v) is 22.0. The Kier molecular flexibility index (Phi) is 10.4. The Bertz CT molecular complexity index is 627. The molecule has 0 bridgehead atoms. The molecule has 0 spiro atoms. The lowest BCUT2D eigenvalue weighted by Crippen LogP contribution is -2.47. The second-order valence-electron chi connectivity index (χ2n) is 9.63. The molecular formula is C23H42IN5O2. The first-order valence-electron chi connectivity index (χ1n) is 12.0. The van der Waals surface area contributed by atoms with E-state index in [1.807, 2.05) is 19.0 Å². The summed E-state index contributed by atoms with van der Waals surface area (Å²) in [6.45, 7) is 4.94. The van der Waals surface area contributed by atoms with Gasteiger partial charge in [0.1, 0.15) is 0 Å². The SMILES string of the molecule is CCNC(=NCC1(C(=O)N(C)C)CCCC1)NC1CCN(C(=O)C2CCCCC2)C1.I. The van der Waals surface area contributed by atoms with Crippen molar-refractivity contribution in [3.63, 3.8) is 0 Å². The molecule has 0 aromatic carbocycles. The highest BCUT2D eigenvalue weighted by molar-refractivity contribution is 14.0. The number of carbonyl (C=O) groups is 2. The van der Waals surface area contributed by atoms with Crippen molar-refractivity contribution in [2.24, 2.45) is 16.3 Å². The average molecular weight is 548 g/mol. The van der Waals surface area contributed by atoms with Gasteiger partial charge in [0.15, 0.2) is 5.96 Å². The van der Waals surface area contributed by atoms with Crippen LogP contribution < -0.4 is 10.6 Å². The normalized spacial score (nSPS) is 23.9. The maximum absolute atomic E-state index is 12.8. The summed E-state index contributed by atoms with van der Waals surface area (Å²) in [6, 6.07) is 0.222. The van der Waals surface area contributed by atoms with Crippen molar-refractivity contribution in [2.45, 2.75) is 77.2 Å². The van der Waals surface area contributed by atoms with Gasteiger partial charge in [0, 0.05) is 45.7 Å². The molecule has 0 aromatic rings. The lowest BCUT2D eigenvalue weighted by atomic mass is 9.85. The molecule has 2 aliphatic carbocycles. The highest BCUT2D eigenvalue weighted by Crippen LogP contribution is 2.39. The van der Waals surface area contributed by atoms with Gasteiger partial charge in [-0.15, -0.1) is 24.0 Å². The van der Waals surface area contributed by atoms with E-state index in [4.69, 9.17) is 4.99 Å². The van der Waals surface area contributed by atoms with Crippen molar-refractivity contribution in [2.75, 3.05) is 40.3 Å². The topological polar surface area (TPSA) is 77.0 Å². The van der Waals surface area contributed by atoms with Gasteiger partial charge in [-0.05, 0) is 39.0 Å². The Morgan fingerprint density at radius 3 is 2.35 bits per heavy atom. The molecule has 31 heavy (non-hydrogen) atoms. The molecule has 1 unspecified atom stereocenters. The minimum atomic E-state index is -0.357. The summed E-state index contributed by atoms with van der Waals surface area (Å²) in [6.07, 6.45) is 10.7. The van der Waals surface area contributed by atoms with Gasteiger partial charge in [-0.1, -0.05) is 32.1 Å². The van der Waals surface area contributed by atoms with E-state index in [1.165, 1.54) is 19.3 Å². The van der Waals surface area contributed by atoms with E-state index < -0.39 is 0 Å². The third-order valence-corrected chi connectivity index (χ3v) is 7.10. The fourth-order valence-electron chi connectivity index (χ4n) is 5.40. The zero-order valence-electron chi connectivity index (χ0n) is 19.6. The lowest BCUT2D eigenvalue weighted by molar-refractivity contribution is -0.138. The molecule has 3 aliphatic rings. The molecule has 8 heteroatoms. The third-order valence-electron chi connectivity index (χ3n) is 7.10. The molecule has 1 aliphatic heterocycles. The van der Waals surface area contributed by atoms with Gasteiger partial charge in [0.25, 0.3) is 0 Å². The van der Waals surface area contributed by atoms with E-state index in [2.05, 4.69) is 17.6 Å². The fraction of sp³-hybridized carbons (Fsp3) is 0.870. The smallest absolute Gasteiger partial charge is 0.230 e. The van der Waals surface area contributed by atoms with E-state index in [1.54, 1.807) is 4.90 Å². The summed E-state index contributed by atoms with van der Waals surface area (Å²) in [7, 11) is 3.68. The predicted molar refractivity (Wildman–Crippen MR) is 136 cm³/mol. The summed E-state index contributed by atoms with van der Waals surface area (Å²) in [5, 5.41) is 6.87. The van der Waals surface area contributed by atoms with Gasteiger partial charge < -0.3 is 20.4 Å². The molecule has 2 saturated carbocycles. The third kappa shape index (κ3) is 6.71. The Morgan fingerprint density at radius 2 is 1.74 bits per heavy atom. The minimum Gasteiger partial charge on any atom is -0.357 e. The van der Waals surface area contributed by atoms with Crippen LogP contribution in [0.4, 0.5) is 0 Å². The molecule has 2 N–H and O–H groups in total. The summed E-state index contributed by atoms with van der Waals surface area (Å²) in [5.41, 5.74) is -0.357. The number of hydrogen-bond acceptors (Lipinski definition) is 3. The molecule has 1 heterocycles. The summed E-state index contributed by atoms with van der Waals surface area (Å²) in [4.78, 5) is 34.3. The summed E-state index contributed by atoms with van der Waals surface area (Å²) in [5.74, 6) is 1.55. The van der Waals surface area contributed by atoms with Crippen LogP contribution in [-0.4, -0.2) is 73.9 Å². The Balaban J connectivity index is 0.00000341. The highest BCUT2D eigenvalue weighted by atomic mass is 127. The van der Waals surface area contributed by atoms with Gasteiger partial charge in [-0.3, -0.25) is 14.6 Å². The molecule has 0 radical (unpaired) electrons. The van der Waals surface area contributed by atoms with Crippen molar-refractivity contribution >= 4 is 41.8 Å². The van der Waals surface area contributed by atoms with Crippen LogP contribution in [0.2, 0.25) is 0 Å². The van der Waals surface area contributed by atoms with E-state index in [0.29, 0.717) is 12.5 Å². The first-order valence-corrected chi connectivity index (χ1v) is 12.0. The van der Waals surface area contributed by atoms with E-state index in [9.17, 15) is 9.59 Å². The number of likely N-dealkylation sites (tertiary alicyclic amines) is 1. The van der Waals surface area contributed by atoms with Crippen molar-refractivity contribution in [3.05, 3.63) is 0 Å². The van der Waals surface area contributed by atoms with Crippen molar-refractivity contribution in [3.8, 4) is 0 Å². The Morgan fingerprint density at radius 1 is 1.06 bits per heavy atom. The minimum absolute atomic E-state index is 0. The lowest BCUT2D eigenvalue weighted by Gasteiger charge is -2.29. The largest absolute Gasteiger partial charge is 0.357 e. The van der Waals surface area contributed by atoms with Gasteiger partial charge in [-0.2, -0.15) is 0 Å². The quantitative estimate of drug-likeness (QED) is 0.305. The molecule has 1 atom stereocenters. The fourth-order valence-corrected chi connectivity index (χ4v) is 5.40. The standard InChI is InChI=1S/C23H41N5O2.HI/c1-4-24-22(25-17-23(13-8-9-14-23)21(30)27(2)3)26-19-12-15-28(16-19)20(29)18-10-6-5-7-11-18;/h18-19H,4-17H2,1-3H3,(H2,24,25,26);1H. The van der Waals surface area contributed by atoms with Gasteiger partial charge in [0.05, 0.1) is 12.0 Å². The Labute approximate surface area is 205 Å². The molecule has 2 amide bonds. The number of guanidine groups is 1. The number of halogens is 1. The second-order valence-corrected chi connectivity index (χ2v) is 9.63. The number of hydrogen-bond donors (Lipinski definition) is 2. The van der Waals surface area contributed by atoms with Crippen LogP contribution in [0.3, 0.4) is 0 Å². The van der Waals surface area contributed by atoms with Crippen LogP contribution in [-0.2, 0) is 9.59 Å². The van der Waals surface area contributed by atoms with E-state index >= 15 is 0 Å². The molecule has 0 aromatic heterocycles. The second kappa shape index (κ2) is 12.3. The number of nitrogens with zero attached hydrogens (tertiary/aromatic N) is 3. The number of amides is 2. The van der Waals surface area contributed by atoms with Gasteiger partial charge in [0.2, 0.25) is 11.8 Å². The van der Waals surface area contributed by atoms with Crippen LogP contribution >= 0.6 is 24.0 Å². The number of rotatable bonds is 6. The van der Waals surface area contributed by atoms with E-state index in [-0.39, 0.29) is 47.3 Å². The monoisotopic (exact) mass is 547 g/mol. The average Bonchev–Trinajstić information content (AvgIpc) is 3.42. The van der Waals surface area contributed by atoms with Crippen molar-refractivity contribution in [1.29, 1.82) is 0 Å². The maximum Gasteiger partial charge on any atom is 0.230 e. The van der Waals surface area contributed by atoms with Crippen molar-refractivity contribution < 1.29 is 9.59 Å². The summed E-state index contributed by atoms with van der Waals surface area (Å²) >= 11 is 0. The number of carbonyl (C=O) groups excluding carboxylic acids is 2.